The monoisotopic (exact) mass is 344 g/mol. The molecule has 0 radical (unpaired) electrons. The highest BCUT2D eigenvalue weighted by molar-refractivity contribution is 7.89. The average molecular weight is 345 g/mol. The quantitative estimate of drug-likeness (QED) is 0.578. The summed E-state index contributed by atoms with van der Waals surface area (Å²) in [4.78, 5) is 2.31. The zero-order valence-corrected chi connectivity index (χ0v) is 13.6. The van der Waals surface area contributed by atoms with E-state index in [1.54, 1.807) is 0 Å². The van der Waals surface area contributed by atoms with Gasteiger partial charge in [0, 0.05) is 10.6 Å². The Morgan fingerprint density at radius 2 is 1.61 bits per heavy atom. The van der Waals surface area contributed by atoms with Crippen LogP contribution in [0.5, 0.6) is 0 Å². The minimum Gasteiger partial charge on any atom is -0.200 e. The van der Waals surface area contributed by atoms with Crippen LogP contribution in [-0.4, -0.2) is 14.6 Å². The number of rotatable bonds is 4. The minimum absolute atomic E-state index is 0.108. The summed E-state index contributed by atoms with van der Waals surface area (Å²) in [7, 11) is -3.71. The molecule has 0 aliphatic heterocycles. The molecule has 0 bridgehead atoms. The fourth-order valence-electron chi connectivity index (χ4n) is 2.19. The lowest BCUT2D eigenvalue weighted by Gasteiger charge is -2.04. The molecule has 3 aromatic carbocycles. The number of nitrogens with one attached hydrogen (secondary N) is 1. The molecule has 6 heteroatoms. The molecule has 23 heavy (non-hydrogen) atoms. The van der Waals surface area contributed by atoms with Gasteiger partial charge in [-0.15, -0.1) is 0 Å². The Kier molecular flexibility index (Phi) is 4.32. The summed E-state index contributed by atoms with van der Waals surface area (Å²) in [5.74, 6) is 0. The van der Waals surface area contributed by atoms with Crippen molar-refractivity contribution in [2.75, 3.05) is 0 Å². The molecule has 4 nitrogen and oxygen atoms in total. The van der Waals surface area contributed by atoms with Gasteiger partial charge in [-0.2, -0.15) is 13.5 Å². The fraction of sp³-hybridized carbons (Fsp3) is 0. The molecule has 0 heterocycles. The lowest BCUT2D eigenvalue weighted by atomic mass is 10.1. The van der Waals surface area contributed by atoms with Crippen LogP contribution < -0.4 is 4.83 Å². The number of halogens is 1. The summed E-state index contributed by atoms with van der Waals surface area (Å²) in [6, 6.07) is 19.5. The second-order valence-electron chi connectivity index (χ2n) is 4.88. The van der Waals surface area contributed by atoms with E-state index in [-0.39, 0.29) is 4.90 Å². The first-order valence-electron chi connectivity index (χ1n) is 6.84. The molecule has 0 saturated heterocycles. The van der Waals surface area contributed by atoms with Gasteiger partial charge in [0.05, 0.1) is 11.1 Å². The molecule has 0 atom stereocenters. The van der Waals surface area contributed by atoms with Crippen LogP contribution in [0.4, 0.5) is 0 Å². The maximum Gasteiger partial charge on any atom is 0.276 e. The highest BCUT2D eigenvalue weighted by atomic mass is 35.5. The van der Waals surface area contributed by atoms with Gasteiger partial charge in [0.1, 0.15) is 0 Å². The third-order valence-corrected chi connectivity index (χ3v) is 4.81. The Hall–Kier alpha value is -2.37. The second kappa shape index (κ2) is 6.40. The number of sulfonamides is 1. The van der Waals surface area contributed by atoms with Gasteiger partial charge in [0.15, 0.2) is 0 Å². The largest absolute Gasteiger partial charge is 0.276 e. The van der Waals surface area contributed by atoms with Crippen molar-refractivity contribution in [2.24, 2.45) is 5.10 Å². The van der Waals surface area contributed by atoms with Crippen LogP contribution in [0, 0.1) is 0 Å². The van der Waals surface area contributed by atoms with Crippen molar-refractivity contribution < 1.29 is 8.42 Å². The maximum atomic E-state index is 12.1. The molecular weight excluding hydrogens is 332 g/mol. The van der Waals surface area contributed by atoms with E-state index in [0.717, 1.165) is 16.3 Å². The van der Waals surface area contributed by atoms with E-state index in [2.05, 4.69) is 9.93 Å². The normalized spacial score (nSPS) is 11.9. The zero-order chi connectivity index (χ0) is 16.3. The van der Waals surface area contributed by atoms with Gasteiger partial charge in [0.2, 0.25) is 0 Å². The number of nitrogens with zero attached hydrogens (tertiary/aromatic N) is 1. The minimum atomic E-state index is -3.71. The van der Waals surface area contributed by atoms with E-state index in [1.165, 1.54) is 30.5 Å². The summed E-state index contributed by atoms with van der Waals surface area (Å²) in [5.41, 5.74) is 0.835. The maximum absolute atomic E-state index is 12.1. The van der Waals surface area contributed by atoms with Gasteiger partial charge in [-0.25, -0.2) is 4.83 Å². The van der Waals surface area contributed by atoms with E-state index in [0.29, 0.717) is 5.02 Å². The summed E-state index contributed by atoms with van der Waals surface area (Å²) in [6.07, 6.45) is 1.50. The lowest BCUT2D eigenvalue weighted by Crippen LogP contribution is -2.18. The van der Waals surface area contributed by atoms with Crippen molar-refractivity contribution in [2.45, 2.75) is 4.90 Å². The highest BCUT2D eigenvalue weighted by Gasteiger charge is 2.12. The van der Waals surface area contributed by atoms with Crippen LogP contribution in [0.1, 0.15) is 5.56 Å². The molecule has 0 saturated carbocycles. The molecule has 1 N–H and O–H groups in total. The van der Waals surface area contributed by atoms with Crippen LogP contribution in [0.25, 0.3) is 10.8 Å². The summed E-state index contributed by atoms with van der Waals surface area (Å²) < 4.78 is 24.3. The summed E-state index contributed by atoms with van der Waals surface area (Å²) >= 11 is 5.76. The van der Waals surface area contributed by atoms with E-state index < -0.39 is 10.0 Å². The molecule has 0 fully saturated rings. The van der Waals surface area contributed by atoms with Crippen molar-refractivity contribution >= 4 is 38.6 Å². The summed E-state index contributed by atoms with van der Waals surface area (Å²) in [6.45, 7) is 0. The van der Waals surface area contributed by atoms with Crippen LogP contribution in [0.2, 0.25) is 5.02 Å². The molecule has 0 aliphatic carbocycles. The van der Waals surface area contributed by atoms with Crippen molar-refractivity contribution in [3.63, 3.8) is 0 Å². The fourth-order valence-corrected chi connectivity index (χ4v) is 3.11. The first-order valence-corrected chi connectivity index (χ1v) is 8.70. The van der Waals surface area contributed by atoms with Crippen molar-refractivity contribution in [1.29, 1.82) is 0 Å². The topological polar surface area (TPSA) is 58.5 Å². The van der Waals surface area contributed by atoms with Crippen molar-refractivity contribution in [3.05, 3.63) is 77.3 Å². The molecule has 0 unspecified atom stereocenters. The number of hydrogen-bond acceptors (Lipinski definition) is 3. The predicted molar refractivity (Wildman–Crippen MR) is 93.3 cm³/mol. The van der Waals surface area contributed by atoms with Crippen molar-refractivity contribution in [1.82, 2.24) is 4.83 Å². The first kappa shape index (κ1) is 15.5. The third-order valence-electron chi connectivity index (χ3n) is 3.32. The highest BCUT2D eigenvalue weighted by Crippen LogP contribution is 2.17. The average Bonchev–Trinajstić information content (AvgIpc) is 2.55. The third kappa shape index (κ3) is 3.52. The Bertz CT molecular complexity index is 962. The molecular formula is C17H13ClN2O2S. The number of hydrazone groups is 1. The Morgan fingerprint density at radius 1 is 0.913 bits per heavy atom. The van der Waals surface area contributed by atoms with Gasteiger partial charge in [0.25, 0.3) is 10.0 Å². The lowest BCUT2D eigenvalue weighted by molar-refractivity contribution is 0.584. The SMILES string of the molecule is O=S(=O)(N/N=C/c1cccc2ccccc12)c1ccc(Cl)cc1. The zero-order valence-electron chi connectivity index (χ0n) is 12.0. The molecule has 0 aliphatic rings. The van der Waals surface area contributed by atoms with E-state index >= 15 is 0 Å². The molecule has 0 spiro atoms. The Morgan fingerprint density at radius 3 is 2.39 bits per heavy atom. The molecule has 0 amide bonds. The summed E-state index contributed by atoms with van der Waals surface area (Å²) in [5, 5.41) is 6.41. The predicted octanol–water partition coefficient (Wildman–Crippen LogP) is 3.81. The Labute approximate surface area is 139 Å². The number of fused-ring (bicyclic) bond motifs is 1. The van der Waals surface area contributed by atoms with Gasteiger partial charge >= 0.3 is 0 Å². The Balaban J connectivity index is 1.84. The van der Waals surface area contributed by atoms with Gasteiger partial charge in [-0.05, 0) is 35.0 Å². The van der Waals surface area contributed by atoms with E-state index in [1.807, 2.05) is 42.5 Å². The second-order valence-corrected chi connectivity index (χ2v) is 6.97. The van der Waals surface area contributed by atoms with Crippen LogP contribution in [-0.2, 0) is 10.0 Å². The van der Waals surface area contributed by atoms with Crippen LogP contribution in [0.3, 0.4) is 0 Å². The smallest absolute Gasteiger partial charge is 0.200 e. The number of benzene rings is 3. The first-order chi connectivity index (χ1) is 11.1. The van der Waals surface area contributed by atoms with Crippen LogP contribution in [0.15, 0.2) is 76.7 Å². The van der Waals surface area contributed by atoms with E-state index in [9.17, 15) is 8.42 Å². The standard InChI is InChI=1S/C17H13ClN2O2S/c18-15-8-10-16(11-9-15)23(21,22)20-19-12-14-6-3-5-13-4-1-2-7-17(13)14/h1-12,20H/b19-12+. The van der Waals surface area contributed by atoms with Crippen molar-refractivity contribution in [3.8, 4) is 0 Å². The van der Waals surface area contributed by atoms with Gasteiger partial charge in [-0.3, -0.25) is 0 Å². The molecule has 3 rings (SSSR count). The van der Waals surface area contributed by atoms with Crippen LogP contribution >= 0.6 is 11.6 Å². The molecule has 0 aromatic heterocycles. The van der Waals surface area contributed by atoms with Gasteiger partial charge < -0.3 is 0 Å². The van der Waals surface area contributed by atoms with Gasteiger partial charge in [-0.1, -0.05) is 54.1 Å². The van der Waals surface area contributed by atoms with E-state index in [4.69, 9.17) is 11.6 Å². The molecule has 3 aromatic rings. The number of hydrogen-bond donors (Lipinski definition) is 1. The molecule has 116 valence electrons.